The molecule has 130 valence electrons. The van der Waals surface area contributed by atoms with Crippen LogP contribution in [-0.2, 0) is 16.6 Å². The van der Waals surface area contributed by atoms with Gasteiger partial charge in [-0.3, -0.25) is 0 Å². The second-order valence-electron chi connectivity index (χ2n) is 5.43. The minimum atomic E-state index is -3.45. The molecular weight excluding hydrogens is 324 g/mol. The summed E-state index contributed by atoms with van der Waals surface area (Å²) in [6, 6.07) is 14.6. The Bertz CT molecular complexity index is 743. The average Bonchev–Trinajstić information content (AvgIpc) is 2.56. The van der Waals surface area contributed by atoms with Crippen molar-refractivity contribution in [1.29, 1.82) is 0 Å². The Morgan fingerprint density at radius 3 is 2.42 bits per heavy atom. The van der Waals surface area contributed by atoms with Gasteiger partial charge in [-0.1, -0.05) is 35.9 Å². The third-order valence-electron chi connectivity index (χ3n) is 3.51. The van der Waals surface area contributed by atoms with Crippen LogP contribution in [0.15, 0.2) is 53.4 Å². The lowest BCUT2D eigenvalue weighted by atomic mass is 10.2. The second-order valence-corrected chi connectivity index (χ2v) is 7.20. The molecule has 0 saturated carbocycles. The van der Waals surface area contributed by atoms with Crippen molar-refractivity contribution in [3.05, 3.63) is 59.7 Å². The lowest BCUT2D eigenvalue weighted by Crippen LogP contribution is -2.31. The molecule has 2 N–H and O–H groups in total. The number of nitrogens with one attached hydrogen (secondary N) is 2. The van der Waals surface area contributed by atoms with Crippen LogP contribution in [-0.4, -0.2) is 28.1 Å². The number of hydrogen-bond acceptors (Lipinski definition) is 4. The van der Waals surface area contributed by atoms with Crippen LogP contribution in [0.25, 0.3) is 0 Å². The van der Waals surface area contributed by atoms with E-state index in [4.69, 9.17) is 4.74 Å². The minimum absolute atomic E-state index is 0.287. The fourth-order valence-corrected chi connectivity index (χ4v) is 3.28. The van der Waals surface area contributed by atoms with Crippen molar-refractivity contribution in [2.24, 2.45) is 0 Å². The number of hydrogen-bond donors (Lipinski definition) is 2. The van der Waals surface area contributed by atoms with Gasteiger partial charge < -0.3 is 10.1 Å². The normalized spacial score (nSPS) is 11.4. The number of aryl methyl sites for hydroxylation is 1. The van der Waals surface area contributed by atoms with E-state index in [0.29, 0.717) is 26.2 Å². The van der Waals surface area contributed by atoms with Gasteiger partial charge in [0.05, 0.1) is 11.5 Å². The maximum atomic E-state index is 12.2. The zero-order chi connectivity index (χ0) is 17.4. The number of ether oxygens (including phenoxy) is 1. The number of benzene rings is 2. The van der Waals surface area contributed by atoms with E-state index in [-0.39, 0.29) is 4.90 Å². The Labute approximate surface area is 144 Å². The summed E-state index contributed by atoms with van der Waals surface area (Å²) in [5.74, 6) is 0.854. The van der Waals surface area contributed by atoms with Crippen LogP contribution in [0.5, 0.6) is 5.75 Å². The van der Waals surface area contributed by atoms with Crippen LogP contribution < -0.4 is 14.8 Å². The molecule has 0 fully saturated rings. The van der Waals surface area contributed by atoms with Gasteiger partial charge in [0.25, 0.3) is 0 Å². The highest BCUT2D eigenvalue weighted by molar-refractivity contribution is 7.89. The van der Waals surface area contributed by atoms with Crippen LogP contribution in [0, 0.1) is 6.92 Å². The summed E-state index contributed by atoms with van der Waals surface area (Å²) >= 11 is 0. The molecule has 0 bridgehead atoms. The van der Waals surface area contributed by atoms with Gasteiger partial charge in [-0.25, -0.2) is 13.1 Å². The summed E-state index contributed by atoms with van der Waals surface area (Å²) < 4.78 is 32.5. The Hall–Kier alpha value is -1.89. The fraction of sp³-hybridized carbons (Fsp3) is 0.333. The maximum Gasteiger partial charge on any atom is 0.240 e. The predicted molar refractivity (Wildman–Crippen MR) is 95.7 cm³/mol. The maximum absolute atomic E-state index is 12.2. The molecule has 24 heavy (non-hydrogen) atoms. The first kappa shape index (κ1) is 18.4. The molecule has 0 unspecified atom stereocenters. The predicted octanol–water partition coefficient (Wildman–Crippen LogP) is 2.46. The van der Waals surface area contributed by atoms with Crippen molar-refractivity contribution in [2.75, 3.05) is 19.7 Å². The molecule has 0 aliphatic heterocycles. The molecule has 0 radical (unpaired) electrons. The molecule has 6 heteroatoms. The molecule has 2 aromatic rings. The minimum Gasteiger partial charge on any atom is -0.494 e. The Morgan fingerprint density at radius 1 is 1.00 bits per heavy atom. The standard InChI is InChI=1S/C18H24N2O3S/c1-3-23-18-7-5-4-6-16(18)14-19-12-13-20-24(21,22)17-10-8-15(2)9-11-17/h4-11,19-20H,3,12-14H2,1-2H3. The van der Waals surface area contributed by atoms with Crippen molar-refractivity contribution >= 4 is 10.0 Å². The van der Waals surface area contributed by atoms with Gasteiger partial charge >= 0.3 is 0 Å². The molecule has 2 rings (SSSR count). The lowest BCUT2D eigenvalue weighted by Gasteiger charge is -2.11. The quantitative estimate of drug-likeness (QED) is 0.683. The zero-order valence-corrected chi connectivity index (χ0v) is 14.9. The summed E-state index contributed by atoms with van der Waals surface area (Å²) in [6.45, 7) is 5.98. The fourth-order valence-electron chi connectivity index (χ4n) is 2.24. The van der Waals surface area contributed by atoms with E-state index >= 15 is 0 Å². The van der Waals surface area contributed by atoms with Gasteiger partial charge in [0.2, 0.25) is 10.0 Å². The van der Waals surface area contributed by atoms with Crippen molar-refractivity contribution in [2.45, 2.75) is 25.3 Å². The Morgan fingerprint density at radius 2 is 1.71 bits per heavy atom. The van der Waals surface area contributed by atoms with Crippen LogP contribution in [0.3, 0.4) is 0 Å². The zero-order valence-electron chi connectivity index (χ0n) is 14.1. The smallest absolute Gasteiger partial charge is 0.240 e. The summed E-state index contributed by atoms with van der Waals surface area (Å²) in [5.41, 5.74) is 2.09. The molecule has 2 aromatic carbocycles. The Balaban J connectivity index is 1.80. The molecule has 0 spiro atoms. The molecule has 0 amide bonds. The highest BCUT2D eigenvalue weighted by atomic mass is 32.2. The van der Waals surface area contributed by atoms with E-state index in [9.17, 15) is 8.42 Å². The number of rotatable bonds is 9. The van der Waals surface area contributed by atoms with Gasteiger partial charge in [0.1, 0.15) is 5.75 Å². The second kappa shape index (κ2) is 8.82. The summed E-state index contributed by atoms with van der Waals surface area (Å²) in [5, 5.41) is 3.23. The first-order valence-electron chi connectivity index (χ1n) is 8.00. The van der Waals surface area contributed by atoms with Crippen molar-refractivity contribution in [1.82, 2.24) is 10.0 Å². The molecular formula is C18H24N2O3S. The van der Waals surface area contributed by atoms with E-state index in [1.807, 2.05) is 38.1 Å². The van der Waals surface area contributed by atoms with Crippen LogP contribution in [0.4, 0.5) is 0 Å². The van der Waals surface area contributed by atoms with E-state index in [1.165, 1.54) is 0 Å². The summed E-state index contributed by atoms with van der Waals surface area (Å²) in [4.78, 5) is 0.287. The number of sulfonamides is 1. The highest BCUT2D eigenvalue weighted by Crippen LogP contribution is 2.17. The molecule has 0 aliphatic rings. The Kier molecular flexibility index (Phi) is 6.78. The van der Waals surface area contributed by atoms with Gasteiger partial charge in [0.15, 0.2) is 0 Å². The highest BCUT2D eigenvalue weighted by Gasteiger charge is 2.12. The number of para-hydroxylation sites is 1. The van der Waals surface area contributed by atoms with E-state index in [1.54, 1.807) is 24.3 Å². The molecule has 0 heterocycles. The summed E-state index contributed by atoms with van der Waals surface area (Å²) in [6.07, 6.45) is 0. The first-order valence-corrected chi connectivity index (χ1v) is 9.49. The molecule has 0 saturated heterocycles. The SMILES string of the molecule is CCOc1ccccc1CNCCNS(=O)(=O)c1ccc(C)cc1. The van der Waals surface area contributed by atoms with Crippen LogP contribution in [0.2, 0.25) is 0 Å². The lowest BCUT2D eigenvalue weighted by molar-refractivity contribution is 0.335. The molecule has 5 nitrogen and oxygen atoms in total. The van der Waals surface area contributed by atoms with Crippen LogP contribution in [0.1, 0.15) is 18.1 Å². The third kappa shape index (κ3) is 5.33. The first-order chi connectivity index (χ1) is 11.5. The molecule has 0 aliphatic carbocycles. The van der Waals surface area contributed by atoms with Gasteiger partial charge in [-0.05, 0) is 32.0 Å². The average molecular weight is 348 g/mol. The third-order valence-corrected chi connectivity index (χ3v) is 4.99. The molecule has 0 atom stereocenters. The van der Waals surface area contributed by atoms with E-state index < -0.39 is 10.0 Å². The van der Waals surface area contributed by atoms with Gasteiger partial charge in [0, 0.05) is 25.2 Å². The van der Waals surface area contributed by atoms with Crippen LogP contribution >= 0.6 is 0 Å². The topological polar surface area (TPSA) is 67.4 Å². The largest absolute Gasteiger partial charge is 0.494 e. The van der Waals surface area contributed by atoms with Gasteiger partial charge in [-0.2, -0.15) is 0 Å². The monoisotopic (exact) mass is 348 g/mol. The van der Waals surface area contributed by atoms with E-state index in [2.05, 4.69) is 10.0 Å². The summed E-state index contributed by atoms with van der Waals surface area (Å²) in [7, 11) is -3.45. The van der Waals surface area contributed by atoms with Gasteiger partial charge in [-0.15, -0.1) is 0 Å². The van der Waals surface area contributed by atoms with Crippen molar-refractivity contribution < 1.29 is 13.2 Å². The van der Waals surface area contributed by atoms with E-state index in [0.717, 1.165) is 16.9 Å². The van der Waals surface area contributed by atoms with Crippen molar-refractivity contribution in [3.8, 4) is 5.75 Å². The molecule has 0 aromatic heterocycles. The van der Waals surface area contributed by atoms with Crippen molar-refractivity contribution in [3.63, 3.8) is 0 Å².